The minimum Gasteiger partial charge on any atom is -0.454 e. The number of rotatable bonds is 5. The molecule has 1 aliphatic rings. The van der Waals surface area contributed by atoms with E-state index in [4.69, 9.17) is 4.74 Å². The highest BCUT2D eigenvalue weighted by Crippen LogP contribution is 2.17. The van der Waals surface area contributed by atoms with Crippen LogP contribution in [0.5, 0.6) is 0 Å². The maximum absolute atomic E-state index is 11.6. The van der Waals surface area contributed by atoms with Crippen molar-refractivity contribution in [1.82, 2.24) is 15.2 Å². The van der Waals surface area contributed by atoms with Crippen LogP contribution in [0.25, 0.3) is 0 Å². The van der Waals surface area contributed by atoms with Crippen LogP contribution in [0.2, 0.25) is 0 Å². The standard InChI is InChI=1S/C15H19N3O5/c19-12(17-15(22)16-11-5-1-2-6-11)10-23-14(21)9-18-8-4-3-7-13(18)20/h3-4,7-8,11H,1-2,5-6,9-10H2,(H2,16,17,19,22). The monoisotopic (exact) mass is 321 g/mol. The van der Waals surface area contributed by atoms with Crippen molar-refractivity contribution in [2.75, 3.05) is 6.61 Å². The van der Waals surface area contributed by atoms with Gasteiger partial charge in [-0.15, -0.1) is 0 Å². The molecule has 8 heteroatoms. The molecule has 0 spiro atoms. The van der Waals surface area contributed by atoms with Crippen molar-refractivity contribution in [3.8, 4) is 0 Å². The van der Waals surface area contributed by atoms with Crippen molar-refractivity contribution in [1.29, 1.82) is 0 Å². The Labute approximate surface area is 132 Å². The quantitative estimate of drug-likeness (QED) is 0.751. The minimum atomic E-state index is -0.732. The molecule has 0 bridgehead atoms. The molecule has 23 heavy (non-hydrogen) atoms. The number of nitrogens with zero attached hydrogens (tertiary/aromatic N) is 1. The van der Waals surface area contributed by atoms with Crippen LogP contribution in [0.1, 0.15) is 25.7 Å². The van der Waals surface area contributed by atoms with Gasteiger partial charge in [0.05, 0.1) is 0 Å². The van der Waals surface area contributed by atoms with Crippen LogP contribution < -0.4 is 16.2 Å². The Kier molecular flexibility index (Phi) is 5.90. The van der Waals surface area contributed by atoms with Crippen molar-refractivity contribution in [2.24, 2.45) is 0 Å². The molecule has 0 aromatic carbocycles. The fraction of sp³-hybridized carbons (Fsp3) is 0.467. The van der Waals surface area contributed by atoms with E-state index in [1.165, 1.54) is 12.3 Å². The maximum atomic E-state index is 11.6. The van der Waals surface area contributed by atoms with Crippen molar-refractivity contribution in [3.05, 3.63) is 34.7 Å². The largest absolute Gasteiger partial charge is 0.454 e. The summed E-state index contributed by atoms with van der Waals surface area (Å²) in [6, 6.07) is 3.98. The number of ether oxygens (including phenoxy) is 1. The molecule has 0 saturated heterocycles. The van der Waals surface area contributed by atoms with E-state index in [0.29, 0.717) is 0 Å². The average Bonchev–Trinajstić information content (AvgIpc) is 3.00. The van der Waals surface area contributed by atoms with E-state index in [0.717, 1.165) is 30.3 Å². The lowest BCUT2D eigenvalue weighted by Crippen LogP contribution is -2.45. The highest BCUT2D eigenvalue weighted by Gasteiger charge is 2.18. The summed E-state index contributed by atoms with van der Waals surface area (Å²) in [5, 5.41) is 4.79. The Morgan fingerprint density at radius 3 is 2.65 bits per heavy atom. The van der Waals surface area contributed by atoms with Gasteiger partial charge in [-0.3, -0.25) is 19.7 Å². The number of carbonyl (C=O) groups is 3. The minimum absolute atomic E-state index is 0.0929. The molecule has 0 unspecified atom stereocenters. The molecule has 1 saturated carbocycles. The van der Waals surface area contributed by atoms with Gasteiger partial charge in [0.25, 0.3) is 11.5 Å². The first-order valence-corrected chi connectivity index (χ1v) is 7.46. The van der Waals surface area contributed by atoms with Crippen LogP contribution in [0.4, 0.5) is 4.79 Å². The third-order valence-corrected chi connectivity index (χ3v) is 3.51. The molecule has 0 radical (unpaired) electrons. The lowest BCUT2D eigenvalue weighted by atomic mass is 10.2. The van der Waals surface area contributed by atoms with E-state index in [1.807, 2.05) is 0 Å². The van der Waals surface area contributed by atoms with Gasteiger partial charge in [-0.05, 0) is 18.9 Å². The van der Waals surface area contributed by atoms with Gasteiger partial charge >= 0.3 is 12.0 Å². The number of esters is 1. The maximum Gasteiger partial charge on any atom is 0.326 e. The fourth-order valence-electron chi connectivity index (χ4n) is 2.38. The van der Waals surface area contributed by atoms with Gasteiger partial charge in [0.15, 0.2) is 6.61 Å². The number of nitrogens with one attached hydrogen (secondary N) is 2. The van der Waals surface area contributed by atoms with Gasteiger partial charge in [-0.2, -0.15) is 0 Å². The van der Waals surface area contributed by atoms with Gasteiger partial charge in [-0.25, -0.2) is 4.79 Å². The zero-order chi connectivity index (χ0) is 16.7. The number of hydrogen-bond acceptors (Lipinski definition) is 5. The molecule has 0 aliphatic heterocycles. The first-order valence-electron chi connectivity index (χ1n) is 7.46. The Morgan fingerprint density at radius 2 is 1.96 bits per heavy atom. The predicted molar refractivity (Wildman–Crippen MR) is 80.6 cm³/mol. The number of aromatic nitrogens is 1. The molecule has 3 amide bonds. The number of imide groups is 1. The van der Waals surface area contributed by atoms with Crippen LogP contribution in [0, 0.1) is 0 Å². The molecule has 1 aromatic rings. The highest BCUT2D eigenvalue weighted by atomic mass is 16.5. The molecule has 1 aromatic heterocycles. The summed E-state index contributed by atoms with van der Waals surface area (Å²) in [5.74, 6) is -1.45. The molecule has 1 fully saturated rings. The summed E-state index contributed by atoms with van der Waals surface area (Å²) in [6.45, 7) is -0.861. The van der Waals surface area contributed by atoms with Crippen molar-refractivity contribution >= 4 is 17.9 Å². The average molecular weight is 321 g/mol. The molecule has 2 rings (SSSR count). The third-order valence-electron chi connectivity index (χ3n) is 3.51. The molecular weight excluding hydrogens is 302 g/mol. The van der Waals surface area contributed by atoms with E-state index < -0.39 is 24.5 Å². The molecule has 0 atom stereocenters. The van der Waals surface area contributed by atoms with Crippen LogP contribution >= 0.6 is 0 Å². The molecule has 1 aliphatic carbocycles. The predicted octanol–water partition coefficient (Wildman–Crippen LogP) is 0.160. The number of pyridine rings is 1. The zero-order valence-corrected chi connectivity index (χ0v) is 12.6. The van der Waals surface area contributed by atoms with Crippen LogP contribution in [0.15, 0.2) is 29.2 Å². The van der Waals surface area contributed by atoms with Crippen LogP contribution in [-0.4, -0.2) is 35.1 Å². The van der Waals surface area contributed by atoms with Gasteiger partial charge < -0.3 is 14.6 Å². The molecule has 2 N–H and O–H groups in total. The van der Waals surface area contributed by atoms with Crippen molar-refractivity contribution in [2.45, 2.75) is 38.3 Å². The number of urea groups is 1. The Hall–Kier alpha value is -2.64. The summed E-state index contributed by atoms with van der Waals surface area (Å²) < 4.78 is 5.90. The van der Waals surface area contributed by atoms with E-state index in [9.17, 15) is 19.2 Å². The highest BCUT2D eigenvalue weighted by molar-refractivity contribution is 5.95. The normalized spacial score (nSPS) is 14.3. The number of amides is 3. The number of hydrogen-bond donors (Lipinski definition) is 2. The summed E-state index contributed by atoms with van der Waals surface area (Å²) in [4.78, 5) is 46.1. The molecule has 1 heterocycles. The van der Waals surface area contributed by atoms with E-state index in [-0.39, 0.29) is 18.1 Å². The van der Waals surface area contributed by atoms with Crippen molar-refractivity contribution < 1.29 is 19.1 Å². The first-order chi connectivity index (χ1) is 11.0. The molecule has 8 nitrogen and oxygen atoms in total. The SMILES string of the molecule is O=C(COC(=O)Cn1ccccc1=O)NC(=O)NC1CCCC1. The summed E-state index contributed by atoms with van der Waals surface area (Å²) in [5.41, 5.74) is -0.343. The van der Waals surface area contributed by atoms with Gasteiger partial charge in [-0.1, -0.05) is 18.9 Å². The van der Waals surface area contributed by atoms with Crippen LogP contribution in [0.3, 0.4) is 0 Å². The molecule has 124 valence electrons. The van der Waals surface area contributed by atoms with E-state index in [1.54, 1.807) is 12.1 Å². The summed E-state index contributed by atoms with van der Waals surface area (Å²) >= 11 is 0. The third kappa shape index (κ3) is 5.57. The van der Waals surface area contributed by atoms with Gasteiger partial charge in [0.2, 0.25) is 0 Å². The lowest BCUT2D eigenvalue weighted by Gasteiger charge is -2.12. The molecular formula is C15H19N3O5. The second-order valence-corrected chi connectivity index (χ2v) is 5.33. The summed E-state index contributed by atoms with van der Waals surface area (Å²) in [6.07, 6.45) is 5.38. The lowest BCUT2D eigenvalue weighted by molar-refractivity contribution is -0.148. The van der Waals surface area contributed by atoms with Gasteiger partial charge in [0.1, 0.15) is 6.54 Å². The van der Waals surface area contributed by atoms with Gasteiger partial charge in [0, 0.05) is 18.3 Å². The Morgan fingerprint density at radius 1 is 1.22 bits per heavy atom. The van der Waals surface area contributed by atoms with E-state index in [2.05, 4.69) is 10.6 Å². The number of carbonyl (C=O) groups excluding carboxylic acids is 3. The van der Waals surface area contributed by atoms with Crippen LogP contribution in [-0.2, 0) is 20.9 Å². The fourth-order valence-corrected chi connectivity index (χ4v) is 2.38. The second kappa shape index (κ2) is 8.11. The Balaban J connectivity index is 1.69. The van der Waals surface area contributed by atoms with E-state index >= 15 is 0 Å². The first kappa shape index (κ1) is 16.7. The summed E-state index contributed by atoms with van der Waals surface area (Å²) in [7, 11) is 0. The van der Waals surface area contributed by atoms with Crippen molar-refractivity contribution in [3.63, 3.8) is 0 Å². The second-order valence-electron chi connectivity index (χ2n) is 5.33. The topological polar surface area (TPSA) is 106 Å². The smallest absolute Gasteiger partial charge is 0.326 e. The Bertz CT molecular complexity index is 634. The zero-order valence-electron chi connectivity index (χ0n) is 12.6.